The zero-order valence-corrected chi connectivity index (χ0v) is 12.1. The first kappa shape index (κ1) is 14.0. The summed E-state index contributed by atoms with van der Waals surface area (Å²) in [5, 5.41) is 3.07. The van der Waals surface area contributed by atoms with Crippen molar-refractivity contribution in [2.45, 2.75) is 57.2 Å². The third kappa shape index (κ3) is 5.33. The lowest BCUT2D eigenvalue weighted by Crippen LogP contribution is -2.34. The van der Waals surface area contributed by atoms with Crippen LogP contribution in [0.4, 0.5) is 0 Å². The molecule has 2 atom stereocenters. The largest absolute Gasteiger partial charge is 0.356 e. The van der Waals surface area contributed by atoms with Crippen LogP contribution in [0.3, 0.4) is 0 Å². The van der Waals surface area contributed by atoms with Crippen LogP contribution in [0.2, 0.25) is 0 Å². The van der Waals surface area contributed by atoms with Crippen molar-refractivity contribution in [3.05, 3.63) is 0 Å². The molecule has 94 valence electrons. The lowest BCUT2D eigenvalue weighted by atomic mass is 9.89. The van der Waals surface area contributed by atoms with E-state index in [1.807, 2.05) is 0 Å². The minimum absolute atomic E-state index is 0.221. The lowest BCUT2D eigenvalue weighted by Gasteiger charge is -2.27. The SMILES string of the molecule is CC(C)CCC(=O)NCC1CCCCC1Br. The van der Waals surface area contributed by atoms with Crippen molar-refractivity contribution in [3.8, 4) is 0 Å². The monoisotopic (exact) mass is 289 g/mol. The third-order valence-corrected chi connectivity index (χ3v) is 4.53. The average Bonchev–Trinajstić information content (AvgIpc) is 2.25. The fourth-order valence-electron chi connectivity index (χ4n) is 2.15. The Morgan fingerprint density at radius 2 is 2.06 bits per heavy atom. The van der Waals surface area contributed by atoms with Crippen LogP contribution in [0.5, 0.6) is 0 Å². The Balaban J connectivity index is 2.15. The molecule has 0 saturated heterocycles. The summed E-state index contributed by atoms with van der Waals surface area (Å²) in [7, 11) is 0. The van der Waals surface area contributed by atoms with Crippen molar-refractivity contribution >= 4 is 21.8 Å². The topological polar surface area (TPSA) is 29.1 Å². The van der Waals surface area contributed by atoms with Gasteiger partial charge in [0, 0.05) is 17.8 Å². The van der Waals surface area contributed by atoms with Crippen LogP contribution >= 0.6 is 15.9 Å². The Bertz CT molecular complexity index is 218. The summed E-state index contributed by atoms with van der Waals surface area (Å²) in [6.07, 6.45) is 6.82. The number of hydrogen-bond acceptors (Lipinski definition) is 1. The second kappa shape index (κ2) is 7.31. The van der Waals surface area contributed by atoms with Gasteiger partial charge in [0.1, 0.15) is 0 Å². The second-order valence-corrected chi connectivity index (χ2v) is 6.47. The molecule has 2 nitrogen and oxygen atoms in total. The van der Waals surface area contributed by atoms with E-state index in [1.165, 1.54) is 25.7 Å². The number of nitrogens with one attached hydrogen (secondary N) is 1. The van der Waals surface area contributed by atoms with Crippen LogP contribution in [0.25, 0.3) is 0 Å². The standard InChI is InChI=1S/C13H24BrNO/c1-10(2)7-8-13(16)15-9-11-5-3-4-6-12(11)14/h10-12H,3-9H2,1-2H3,(H,15,16). The quantitative estimate of drug-likeness (QED) is 0.772. The fraction of sp³-hybridized carbons (Fsp3) is 0.923. The maximum Gasteiger partial charge on any atom is 0.220 e. The molecule has 1 fully saturated rings. The predicted molar refractivity (Wildman–Crippen MR) is 71.8 cm³/mol. The summed E-state index contributed by atoms with van der Waals surface area (Å²) in [4.78, 5) is 12.2. The molecule has 0 aromatic carbocycles. The van der Waals surface area contributed by atoms with Crippen molar-refractivity contribution in [1.82, 2.24) is 5.32 Å². The Labute approximate surface area is 108 Å². The number of alkyl halides is 1. The molecule has 0 radical (unpaired) electrons. The smallest absolute Gasteiger partial charge is 0.220 e. The van der Waals surface area contributed by atoms with Crippen LogP contribution in [0.1, 0.15) is 52.4 Å². The molecule has 0 bridgehead atoms. The predicted octanol–water partition coefficient (Wildman–Crippen LogP) is 3.49. The molecule has 1 amide bonds. The van der Waals surface area contributed by atoms with Gasteiger partial charge in [-0.1, -0.05) is 42.6 Å². The third-order valence-electron chi connectivity index (χ3n) is 3.33. The van der Waals surface area contributed by atoms with Crippen LogP contribution in [0, 0.1) is 11.8 Å². The minimum atomic E-state index is 0.221. The van der Waals surface area contributed by atoms with E-state index in [1.54, 1.807) is 0 Å². The van der Waals surface area contributed by atoms with Gasteiger partial charge in [-0.2, -0.15) is 0 Å². The van der Waals surface area contributed by atoms with Gasteiger partial charge in [0.15, 0.2) is 0 Å². The summed E-state index contributed by atoms with van der Waals surface area (Å²) in [6.45, 7) is 5.17. The molecule has 1 aliphatic carbocycles. The van der Waals surface area contributed by atoms with Crippen molar-refractivity contribution in [1.29, 1.82) is 0 Å². The van der Waals surface area contributed by atoms with Gasteiger partial charge in [0.2, 0.25) is 5.91 Å². The Hall–Kier alpha value is -0.0500. The molecule has 16 heavy (non-hydrogen) atoms. The highest BCUT2D eigenvalue weighted by atomic mass is 79.9. The van der Waals surface area contributed by atoms with Crippen LogP contribution in [0.15, 0.2) is 0 Å². The first-order valence-electron chi connectivity index (χ1n) is 6.50. The maximum absolute atomic E-state index is 11.6. The van der Waals surface area contributed by atoms with E-state index in [-0.39, 0.29) is 5.91 Å². The number of halogens is 1. The molecule has 0 heterocycles. The highest BCUT2D eigenvalue weighted by Gasteiger charge is 2.22. The van der Waals surface area contributed by atoms with Gasteiger partial charge >= 0.3 is 0 Å². The number of amides is 1. The Morgan fingerprint density at radius 1 is 1.38 bits per heavy atom. The molecule has 1 rings (SSSR count). The molecule has 0 spiro atoms. The van der Waals surface area contributed by atoms with Crippen LogP contribution in [-0.2, 0) is 4.79 Å². The van der Waals surface area contributed by atoms with Gasteiger partial charge in [-0.15, -0.1) is 0 Å². The number of carbonyl (C=O) groups is 1. The Morgan fingerprint density at radius 3 is 2.69 bits per heavy atom. The first-order chi connectivity index (χ1) is 7.59. The van der Waals surface area contributed by atoms with E-state index in [0.29, 0.717) is 23.1 Å². The molecule has 1 saturated carbocycles. The molecular formula is C13H24BrNO. The molecule has 1 aliphatic rings. The fourth-order valence-corrected chi connectivity index (χ4v) is 2.92. The first-order valence-corrected chi connectivity index (χ1v) is 7.42. The van der Waals surface area contributed by atoms with Gasteiger partial charge in [-0.3, -0.25) is 4.79 Å². The minimum Gasteiger partial charge on any atom is -0.356 e. The molecule has 0 aromatic rings. The van der Waals surface area contributed by atoms with Gasteiger partial charge < -0.3 is 5.32 Å². The van der Waals surface area contributed by atoms with E-state index >= 15 is 0 Å². The van der Waals surface area contributed by atoms with Gasteiger partial charge in [-0.25, -0.2) is 0 Å². The van der Waals surface area contributed by atoms with E-state index in [9.17, 15) is 4.79 Å². The van der Waals surface area contributed by atoms with E-state index in [0.717, 1.165) is 13.0 Å². The van der Waals surface area contributed by atoms with E-state index < -0.39 is 0 Å². The average molecular weight is 290 g/mol. The molecule has 2 unspecified atom stereocenters. The van der Waals surface area contributed by atoms with Crippen molar-refractivity contribution in [2.24, 2.45) is 11.8 Å². The lowest BCUT2D eigenvalue weighted by molar-refractivity contribution is -0.121. The van der Waals surface area contributed by atoms with Crippen molar-refractivity contribution < 1.29 is 4.79 Å². The zero-order valence-electron chi connectivity index (χ0n) is 10.5. The summed E-state index contributed by atoms with van der Waals surface area (Å²) in [5.74, 6) is 1.47. The molecule has 0 aromatic heterocycles. The van der Waals surface area contributed by atoms with Crippen LogP contribution in [-0.4, -0.2) is 17.3 Å². The van der Waals surface area contributed by atoms with Crippen LogP contribution < -0.4 is 5.32 Å². The second-order valence-electron chi connectivity index (χ2n) is 5.30. The normalized spacial score (nSPS) is 25.8. The molecule has 0 aliphatic heterocycles. The number of rotatable bonds is 5. The number of hydrogen-bond donors (Lipinski definition) is 1. The van der Waals surface area contributed by atoms with E-state index in [2.05, 4.69) is 35.1 Å². The molecule has 1 N–H and O–H groups in total. The number of carbonyl (C=O) groups excluding carboxylic acids is 1. The summed E-state index contributed by atoms with van der Waals surface area (Å²) in [6, 6.07) is 0. The summed E-state index contributed by atoms with van der Waals surface area (Å²) in [5.41, 5.74) is 0. The summed E-state index contributed by atoms with van der Waals surface area (Å²) < 4.78 is 0. The summed E-state index contributed by atoms with van der Waals surface area (Å²) >= 11 is 3.72. The van der Waals surface area contributed by atoms with Gasteiger partial charge in [0.05, 0.1) is 0 Å². The highest BCUT2D eigenvalue weighted by molar-refractivity contribution is 9.09. The van der Waals surface area contributed by atoms with Crippen molar-refractivity contribution in [3.63, 3.8) is 0 Å². The van der Waals surface area contributed by atoms with Gasteiger partial charge in [0.25, 0.3) is 0 Å². The molecular weight excluding hydrogens is 266 g/mol. The van der Waals surface area contributed by atoms with E-state index in [4.69, 9.17) is 0 Å². The highest BCUT2D eigenvalue weighted by Crippen LogP contribution is 2.29. The van der Waals surface area contributed by atoms with Gasteiger partial charge in [-0.05, 0) is 31.1 Å². The zero-order chi connectivity index (χ0) is 12.0. The molecule has 3 heteroatoms. The Kier molecular flexibility index (Phi) is 6.40. The van der Waals surface area contributed by atoms with Crippen molar-refractivity contribution in [2.75, 3.05) is 6.54 Å². The maximum atomic E-state index is 11.6.